The van der Waals surface area contributed by atoms with Gasteiger partial charge in [-0.1, -0.05) is 32.1 Å². The van der Waals surface area contributed by atoms with E-state index in [2.05, 4.69) is 32.1 Å². The number of carbonyl (C=O) groups is 1. The minimum atomic E-state index is 0.181. The molecule has 6 atom stereocenters. The standard InChI is InChI=1S/C21H30O/c1-14(22)17-9-10-18-16-8-7-15-6-4-5-12-20(15,2)19(16)11-13-21(17,18)3/h4-5,9,15-16,18-19H,6-8,10-13H2,1-3H3/t15-,16+,18+,19+,20+,21-/m1/s1. The van der Waals surface area contributed by atoms with Gasteiger partial charge < -0.3 is 0 Å². The van der Waals surface area contributed by atoms with Crippen LogP contribution >= 0.6 is 0 Å². The van der Waals surface area contributed by atoms with Crippen molar-refractivity contribution in [3.63, 3.8) is 0 Å². The van der Waals surface area contributed by atoms with Crippen LogP contribution in [-0.4, -0.2) is 5.78 Å². The lowest BCUT2D eigenvalue weighted by atomic mass is 9.45. The zero-order valence-electron chi connectivity index (χ0n) is 14.4. The van der Waals surface area contributed by atoms with Gasteiger partial charge in [0.1, 0.15) is 0 Å². The number of carbonyl (C=O) groups excluding carboxylic acids is 1. The number of fused-ring (bicyclic) bond motifs is 5. The normalized spacial score (nSPS) is 49.9. The summed E-state index contributed by atoms with van der Waals surface area (Å²) in [5.74, 6) is 3.69. The summed E-state index contributed by atoms with van der Waals surface area (Å²) in [4.78, 5) is 12.1. The van der Waals surface area contributed by atoms with E-state index in [4.69, 9.17) is 0 Å². The van der Waals surface area contributed by atoms with Crippen molar-refractivity contribution in [1.29, 1.82) is 0 Å². The van der Waals surface area contributed by atoms with Gasteiger partial charge in [-0.2, -0.15) is 0 Å². The third-order valence-corrected chi connectivity index (χ3v) is 8.17. The maximum Gasteiger partial charge on any atom is 0.156 e. The smallest absolute Gasteiger partial charge is 0.156 e. The summed E-state index contributed by atoms with van der Waals surface area (Å²) >= 11 is 0. The van der Waals surface area contributed by atoms with Crippen LogP contribution in [0.1, 0.15) is 65.7 Å². The third kappa shape index (κ3) is 1.80. The van der Waals surface area contributed by atoms with Gasteiger partial charge >= 0.3 is 0 Å². The maximum absolute atomic E-state index is 12.1. The zero-order valence-corrected chi connectivity index (χ0v) is 14.4. The highest BCUT2D eigenvalue weighted by Gasteiger charge is 2.57. The maximum atomic E-state index is 12.1. The molecular formula is C21H30O. The molecule has 4 aliphatic rings. The highest BCUT2D eigenvalue weighted by molar-refractivity contribution is 5.95. The Morgan fingerprint density at radius 2 is 1.91 bits per heavy atom. The minimum Gasteiger partial charge on any atom is -0.295 e. The van der Waals surface area contributed by atoms with E-state index in [0.717, 1.165) is 35.7 Å². The van der Waals surface area contributed by atoms with Gasteiger partial charge in [-0.3, -0.25) is 4.79 Å². The lowest BCUT2D eigenvalue weighted by molar-refractivity contribution is -0.117. The van der Waals surface area contributed by atoms with Crippen LogP contribution in [0.3, 0.4) is 0 Å². The molecule has 0 saturated heterocycles. The number of allylic oxidation sites excluding steroid dienone is 4. The van der Waals surface area contributed by atoms with Gasteiger partial charge in [0.15, 0.2) is 5.78 Å². The van der Waals surface area contributed by atoms with E-state index in [0.29, 0.717) is 11.2 Å². The molecule has 120 valence electrons. The molecule has 0 aromatic carbocycles. The van der Waals surface area contributed by atoms with Gasteiger partial charge in [0, 0.05) is 0 Å². The molecule has 4 rings (SSSR count). The second-order valence-corrected chi connectivity index (χ2v) is 8.93. The topological polar surface area (TPSA) is 17.1 Å². The number of hydrogen-bond acceptors (Lipinski definition) is 1. The van der Waals surface area contributed by atoms with Gasteiger partial charge in [-0.15, -0.1) is 0 Å². The molecule has 2 saturated carbocycles. The SMILES string of the molecule is CC(=O)C1=CC[C@H]2[C@@H]3CC[C@H]4CC=CC[C@]4(C)[C@H]3CC[C@]12C. The molecule has 1 nitrogen and oxygen atoms in total. The van der Waals surface area contributed by atoms with Crippen molar-refractivity contribution in [1.82, 2.24) is 0 Å². The van der Waals surface area contributed by atoms with Crippen molar-refractivity contribution >= 4 is 5.78 Å². The first-order valence-electron chi connectivity index (χ1n) is 9.33. The monoisotopic (exact) mass is 298 g/mol. The molecule has 1 heteroatoms. The van der Waals surface area contributed by atoms with Crippen molar-refractivity contribution < 1.29 is 4.79 Å². The van der Waals surface area contributed by atoms with Gasteiger partial charge in [-0.05, 0) is 91.9 Å². The van der Waals surface area contributed by atoms with Crippen molar-refractivity contribution in [2.24, 2.45) is 34.5 Å². The van der Waals surface area contributed by atoms with E-state index in [1.807, 2.05) is 0 Å². The molecule has 0 heterocycles. The summed E-state index contributed by atoms with van der Waals surface area (Å²) in [6.07, 6.45) is 16.3. The Morgan fingerprint density at radius 3 is 2.68 bits per heavy atom. The van der Waals surface area contributed by atoms with Crippen molar-refractivity contribution in [2.75, 3.05) is 0 Å². The molecule has 0 spiro atoms. The summed E-state index contributed by atoms with van der Waals surface area (Å²) in [7, 11) is 0. The molecule has 0 aliphatic heterocycles. The first-order valence-corrected chi connectivity index (χ1v) is 9.33. The van der Waals surface area contributed by atoms with E-state index < -0.39 is 0 Å². The summed E-state index contributed by atoms with van der Waals surface area (Å²) in [5.41, 5.74) is 1.87. The first-order chi connectivity index (χ1) is 10.5. The lowest BCUT2D eigenvalue weighted by Crippen LogP contribution is -2.52. The van der Waals surface area contributed by atoms with E-state index in [1.165, 1.54) is 38.5 Å². The molecule has 0 unspecified atom stereocenters. The fourth-order valence-corrected chi connectivity index (χ4v) is 6.95. The summed E-state index contributed by atoms with van der Waals surface area (Å²) in [5, 5.41) is 0. The van der Waals surface area contributed by atoms with Crippen molar-refractivity contribution in [2.45, 2.75) is 65.7 Å². The Kier molecular flexibility index (Phi) is 3.23. The van der Waals surface area contributed by atoms with E-state index in [-0.39, 0.29) is 5.41 Å². The number of ketones is 1. The second-order valence-electron chi connectivity index (χ2n) is 8.93. The molecule has 0 aromatic heterocycles. The van der Waals surface area contributed by atoms with Crippen LogP contribution < -0.4 is 0 Å². The van der Waals surface area contributed by atoms with E-state index in [1.54, 1.807) is 6.92 Å². The van der Waals surface area contributed by atoms with E-state index in [9.17, 15) is 4.79 Å². The molecule has 22 heavy (non-hydrogen) atoms. The van der Waals surface area contributed by atoms with E-state index >= 15 is 0 Å². The van der Waals surface area contributed by atoms with Crippen molar-refractivity contribution in [3.05, 3.63) is 23.8 Å². The Morgan fingerprint density at radius 1 is 1.09 bits per heavy atom. The van der Waals surface area contributed by atoms with Gasteiger partial charge in [0.25, 0.3) is 0 Å². The largest absolute Gasteiger partial charge is 0.295 e. The predicted octanol–water partition coefficient (Wildman–Crippen LogP) is 5.32. The Balaban J connectivity index is 1.66. The minimum absolute atomic E-state index is 0.181. The van der Waals surface area contributed by atoms with Crippen LogP contribution in [0.25, 0.3) is 0 Å². The zero-order chi connectivity index (χ0) is 15.5. The highest BCUT2D eigenvalue weighted by atomic mass is 16.1. The molecule has 0 aromatic rings. The summed E-state index contributed by atoms with van der Waals surface area (Å²) in [6.45, 7) is 6.74. The average Bonchev–Trinajstić information content (AvgIpc) is 2.84. The van der Waals surface area contributed by atoms with Gasteiger partial charge in [0.2, 0.25) is 0 Å². The third-order valence-electron chi connectivity index (χ3n) is 8.17. The second kappa shape index (κ2) is 4.82. The summed E-state index contributed by atoms with van der Waals surface area (Å²) in [6, 6.07) is 0. The Hall–Kier alpha value is -0.850. The Labute approximate surface area is 135 Å². The quantitative estimate of drug-likeness (QED) is 0.599. The number of Topliss-reactive ketones (excluding diaryl/α,β-unsaturated/α-hetero) is 1. The number of rotatable bonds is 1. The van der Waals surface area contributed by atoms with Gasteiger partial charge in [-0.25, -0.2) is 0 Å². The van der Waals surface area contributed by atoms with Crippen LogP contribution in [0.4, 0.5) is 0 Å². The van der Waals surface area contributed by atoms with Crippen LogP contribution in [-0.2, 0) is 4.79 Å². The molecule has 0 N–H and O–H groups in total. The van der Waals surface area contributed by atoms with Gasteiger partial charge in [0.05, 0.1) is 0 Å². The molecule has 0 bridgehead atoms. The molecule has 2 fully saturated rings. The Bertz CT molecular complexity index is 556. The number of hydrogen-bond donors (Lipinski definition) is 0. The molecule has 0 radical (unpaired) electrons. The fraction of sp³-hybridized carbons (Fsp3) is 0.762. The first kappa shape index (κ1) is 14.7. The molecular weight excluding hydrogens is 268 g/mol. The van der Waals surface area contributed by atoms with Crippen LogP contribution in [0, 0.1) is 34.5 Å². The molecule has 4 aliphatic carbocycles. The van der Waals surface area contributed by atoms with Crippen molar-refractivity contribution in [3.8, 4) is 0 Å². The average molecular weight is 298 g/mol. The highest BCUT2D eigenvalue weighted by Crippen LogP contribution is 2.65. The molecule has 0 amide bonds. The predicted molar refractivity (Wildman–Crippen MR) is 90.4 cm³/mol. The van der Waals surface area contributed by atoms with Crippen LogP contribution in [0.2, 0.25) is 0 Å². The fourth-order valence-electron chi connectivity index (χ4n) is 6.95. The lowest BCUT2D eigenvalue weighted by Gasteiger charge is -2.59. The van der Waals surface area contributed by atoms with Crippen LogP contribution in [0.15, 0.2) is 23.8 Å². The van der Waals surface area contributed by atoms with Crippen LogP contribution in [0.5, 0.6) is 0 Å². The summed E-state index contributed by atoms with van der Waals surface area (Å²) < 4.78 is 0.